The number of aromatic nitrogens is 2. The highest BCUT2D eigenvalue weighted by molar-refractivity contribution is 9.10. The summed E-state index contributed by atoms with van der Waals surface area (Å²) in [5, 5.41) is 3.96. The lowest BCUT2D eigenvalue weighted by atomic mass is 10.2. The Hall–Kier alpha value is -0.850. The van der Waals surface area contributed by atoms with Crippen LogP contribution in [0.2, 0.25) is 0 Å². The molecule has 1 aromatic heterocycles. The summed E-state index contributed by atoms with van der Waals surface area (Å²) in [6.45, 7) is 0. The van der Waals surface area contributed by atoms with Crippen molar-refractivity contribution in [3.63, 3.8) is 0 Å². The van der Waals surface area contributed by atoms with E-state index in [0.717, 1.165) is 22.2 Å². The molecule has 6 heteroatoms. The number of nitrogens with two attached hydrogens (primary N) is 1. The van der Waals surface area contributed by atoms with Gasteiger partial charge in [-0.1, -0.05) is 21.1 Å². The largest absolute Gasteiger partial charge is 0.337 e. The summed E-state index contributed by atoms with van der Waals surface area (Å²) in [4.78, 5) is 4.34. The molecule has 0 aliphatic carbocycles. The van der Waals surface area contributed by atoms with E-state index in [1.54, 1.807) is 11.8 Å². The second-order valence-electron chi connectivity index (χ2n) is 3.85. The van der Waals surface area contributed by atoms with Crippen LogP contribution in [0.15, 0.2) is 33.3 Å². The van der Waals surface area contributed by atoms with Gasteiger partial charge in [-0.2, -0.15) is 16.7 Å². The van der Waals surface area contributed by atoms with Gasteiger partial charge in [-0.3, -0.25) is 0 Å². The van der Waals surface area contributed by atoms with E-state index in [2.05, 4.69) is 26.1 Å². The van der Waals surface area contributed by atoms with Crippen molar-refractivity contribution >= 4 is 27.7 Å². The molecule has 0 saturated heterocycles. The van der Waals surface area contributed by atoms with Crippen molar-refractivity contribution in [3.8, 4) is 11.4 Å². The Morgan fingerprint density at radius 1 is 1.39 bits per heavy atom. The smallest absolute Gasteiger partial charge is 0.243 e. The SMILES string of the molecule is CSCC[C@@H](N)c1nc(-c2ccc(Br)cc2)no1. The Bertz CT molecular complexity index is 500. The summed E-state index contributed by atoms with van der Waals surface area (Å²) in [7, 11) is 0. The summed E-state index contributed by atoms with van der Waals surface area (Å²) in [6.07, 6.45) is 2.89. The summed E-state index contributed by atoms with van der Waals surface area (Å²) in [5.74, 6) is 2.07. The van der Waals surface area contributed by atoms with Gasteiger partial charge in [0.15, 0.2) is 0 Å². The van der Waals surface area contributed by atoms with Gasteiger partial charge in [-0.15, -0.1) is 0 Å². The normalized spacial score (nSPS) is 12.6. The van der Waals surface area contributed by atoms with E-state index < -0.39 is 0 Å². The lowest BCUT2D eigenvalue weighted by Gasteiger charge is -2.03. The predicted molar refractivity (Wildman–Crippen MR) is 77.4 cm³/mol. The molecule has 2 N–H and O–H groups in total. The van der Waals surface area contributed by atoms with Gasteiger partial charge >= 0.3 is 0 Å². The van der Waals surface area contributed by atoms with Crippen LogP contribution in [0.4, 0.5) is 0 Å². The number of halogens is 1. The van der Waals surface area contributed by atoms with Crippen molar-refractivity contribution in [2.24, 2.45) is 5.73 Å². The highest BCUT2D eigenvalue weighted by Crippen LogP contribution is 2.21. The summed E-state index contributed by atoms with van der Waals surface area (Å²) >= 11 is 5.14. The number of thioether (sulfide) groups is 1. The minimum atomic E-state index is -0.186. The quantitative estimate of drug-likeness (QED) is 0.913. The third-order valence-electron chi connectivity index (χ3n) is 2.49. The molecule has 4 nitrogen and oxygen atoms in total. The van der Waals surface area contributed by atoms with E-state index in [1.165, 1.54) is 0 Å². The minimum Gasteiger partial charge on any atom is -0.337 e. The Morgan fingerprint density at radius 2 is 2.11 bits per heavy atom. The fraction of sp³-hybridized carbons (Fsp3) is 0.333. The third kappa shape index (κ3) is 3.34. The van der Waals surface area contributed by atoms with Crippen molar-refractivity contribution in [3.05, 3.63) is 34.6 Å². The number of nitrogens with zero attached hydrogens (tertiary/aromatic N) is 2. The summed E-state index contributed by atoms with van der Waals surface area (Å²) in [6, 6.07) is 7.57. The maximum absolute atomic E-state index is 5.98. The van der Waals surface area contributed by atoms with Crippen LogP contribution in [0.25, 0.3) is 11.4 Å². The monoisotopic (exact) mass is 327 g/mol. The van der Waals surface area contributed by atoms with Crippen molar-refractivity contribution in [1.82, 2.24) is 10.1 Å². The molecule has 0 amide bonds. The van der Waals surface area contributed by atoms with Crippen LogP contribution < -0.4 is 5.73 Å². The fourth-order valence-corrected chi connectivity index (χ4v) is 2.22. The highest BCUT2D eigenvalue weighted by Gasteiger charge is 2.15. The molecule has 1 atom stereocenters. The summed E-state index contributed by atoms with van der Waals surface area (Å²) in [5.41, 5.74) is 6.90. The van der Waals surface area contributed by atoms with Crippen LogP contribution in [-0.2, 0) is 0 Å². The molecule has 0 radical (unpaired) electrons. The van der Waals surface area contributed by atoms with Crippen LogP contribution in [-0.4, -0.2) is 22.1 Å². The van der Waals surface area contributed by atoms with Crippen LogP contribution in [0.5, 0.6) is 0 Å². The Labute approximate surface area is 118 Å². The van der Waals surface area contributed by atoms with Crippen LogP contribution in [0, 0.1) is 0 Å². The first-order valence-corrected chi connectivity index (χ1v) is 7.73. The molecule has 1 aromatic carbocycles. The lowest BCUT2D eigenvalue weighted by Crippen LogP contribution is -2.11. The van der Waals surface area contributed by atoms with Crippen molar-refractivity contribution in [2.75, 3.05) is 12.0 Å². The van der Waals surface area contributed by atoms with Crippen molar-refractivity contribution in [1.29, 1.82) is 0 Å². The second-order valence-corrected chi connectivity index (χ2v) is 5.75. The standard InChI is InChI=1S/C12H14BrN3OS/c1-18-7-6-10(14)12-15-11(16-17-12)8-2-4-9(13)5-3-8/h2-5,10H,6-7,14H2,1H3/t10-/m1/s1. The molecular weight excluding hydrogens is 314 g/mol. The first-order chi connectivity index (χ1) is 8.70. The van der Waals surface area contributed by atoms with Gasteiger partial charge in [0.2, 0.25) is 11.7 Å². The molecule has 0 saturated carbocycles. The predicted octanol–water partition coefficient (Wildman–Crippen LogP) is 3.25. The topological polar surface area (TPSA) is 64.9 Å². The average molecular weight is 328 g/mol. The van der Waals surface area contributed by atoms with Gasteiger partial charge < -0.3 is 10.3 Å². The zero-order valence-electron chi connectivity index (χ0n) is 9.97. The molecule has 18 heavy (non-hydrogen) atoms. The maximum Gasteiger partial charge on any atom is 0.243 e. The van der Waals surface area contributed by atoms with Crippen LogP contribution in [0.3, 0.4) is 0 Å². The second kappa shape index (κ2) is 6.36. The first kappa shape index (κ1) is 13.6. The molecule has 2 aromatic rings. The molecular formula is C12H14BrN3OS. The van der Waals surface area contributed by atoms with Crippen molar-refractivity contribution < 1.29 is 4.52 Å². The summed E-state index contributed by atoms with van der Waals surface area (Å²) < 4.78 is 6.22. The van der Waals surface area contributed by atoms with Crippen LogP contribution in [0.1, 0.15) is 18.4 Å². The van der Waals surface area contributed by atoms with E-state index in [4.69, 9.17) is 10.3 Å². The number of rotatable bonds is 5. The maximum atomic E-state index is 5.98. The molecule has 0 unspecified atom stereocenters. The highest BCUT2D eigenvalue weighted by atomic mass is 79.9. The van der Waals surface area contributed by atoms with E-state index in [-0.39, 0.29) is 6.04 Å². The van der Waals surface area contributed by atoms with E-state index in [0.29, 0.717) is 11.7 Å². The molecule has 0 spiro atoms. The number of benzene rings is 1. The molecule has 1 heterocycles. The minimum absolute atomic E-state index is 0.186. The molecule has 96 valence electrons. The van der Waals surface area contributed by atoms with Gasteiger partial charge in [0.05, 0.1) is 6.04 Å². The van der Waals surface area contributed by atoms with E-state index >= 15 is 0 Å². The third-order valence-corrected chi connectivity index (χ3v) is 3.67. The Balaban J connectivity index is 2.12. The average Bonchev–Trinajstić information content (AvgIpc) is 2.86. The fourth-order valence-electron chi connectivity index (χ4n) is 1.47. The molecule has 0 aliphatic heterocycles. The van der Waals surface area contributed by atoms with Gasteiger partial charge in [-0.25, -0.2) is 0 Å². The molecule has 0 aliphatic rings. The Morgan fingerprint density at radius 3 is 2.78 bits per heavy atom. The van der Waals surface area contributed by atoms with Crippen LogP contribution >= 0.6 is 27.7 Å². The molecule has 0 fully saturated rings. The lowest BCUT2D eigenvalue weighted by molar-refractivity contribution is 0.353. The molecule has 0 bridgehead atoms. The van der Waals surface area contributed by atoms with E-state index in [1.807, 2.05) is 30.5 Å². The zero-order chi connectivity index (χ0) is 13.0. The first-order valence-electron chi connectivity index (χ1n) is 5.55. The van der Waals surface area contributed by atoms with Gasteiger partial charge in [-0.05, 0) is 42.7 Å². The van der Waals surface area contributed by atoms with Crippen molar-refractivity contribution in [2.45, 2.75) is 12.5 Å². The zero-order valence-corrected chi connectivity index (χ0v) is 12.4. The van der Waals surface area contributed by atoms with Gasteiger partial charge in [0.25, 0.3) is 0 Å². The van der Waals surface area contributed by atoms with Gasteiger partial charge in [0, 0.05) is 10.0 Å². The van der Waals surface area contributed by atoms with E-state index in [9.17, 15) is 0 Å². The van der Waals surface area contributed by atoms with Gasteiger partial charge in [0.1, 0.15) is 0 Å². The molecule has 2 rings (SSSR count). The Kier molecular flexibility index (Phi) is 4.79. The number of hydrogen-bond acceptors (Lipinski definition) is 5. The number of hydrogen-bond donors (Lipinski definition) is 1.